The number of fused-ring (bicyclic) bond motifs is 2. The minimum atomic E-state index is -0.650. The SMILES string of the molecule is CC(C#N)(Cc1ccccc1)c1ccc2c(c1)=NC(=O)C1CCCCC=21. The molecule has 0 radical (unpaired) electrons. The molecule has 1 aliphatic carbocycles. The van der Waals surface area contributed by atoms with Crippen LogP contribution in [0.3, 0.4) is 0 Å². The van der Waals surface area contributed by atoms with E-state index in [0.29, 0.717) is 6.42 Å². The number of rotatable bonds is 3. The van der Waals surface area contributed by atoms with Gasteiger partial charge in [0, 0.05) is 5.22 Å². The summed E-state index contributed by atoms with van der Waals surface area (Å²) in [6, 6.07) is 18.6. The summed E-state index contributed by atoms with van der Waals surface area (Å²) in [5, 5.41) is 11.7. The summed E-state index contributed by atoms with van der Waals surface area (Å²) in [5.74, 6) is -0.0279. The number of nitriles is 1. The number of hydrogen-bond donors (Lipinski definition) is 0. The van der Waals surface area contributed by atoms with Crippen molar-refractivity contribution < 1.29 is 4.79 Å². The lowest BCUT2D eigenvalue weighted by Crippen LogP contribution is -2.40. The number of nitrogens with zero attached hydrogens (tertiary/aromatic N) is 2. The van der Waals surface area contributed by atoms with Gasteiger partial charge in [-0.15, -0.1) is 0 Å². The van der Waals surface area contributed by atoms with Gasteiger partial charge in [0.15, 0.2) is 0 Å². The van der Waals surface area contributed by atoms with Crippen LogP contribution in [0.1, 0.15) is 43.7 Å². The molecular formula is C23H22N2O. The average Bonchev–Trinajstić information content (AvgIpc) is 2.68. The summed E-state index contributed by atoms with van der Waals surface area (Å²) in [4.78, 5) is 16.8. The number of benzene rings is 2. The maximum absolute atomic E-state index is 12.5. The van der Waals surface area contributed by atoms with Crippen LogP contribution in [-0.4, -0.2) is 5.91 Å². The quantitative estimate of drug-likeness (QED) is 0.860. The van der Waals surface area contributed by atoms with Crippen molar-refractivity contribution in [3.05, 3.63) is 70.2 Å². The molecule has 0 N–H and O–H groups in total. The highest BCUT2D eigenvalue weighted by Gasteiger charge is 2.31. The number of carbonyl (C=O) groups excluding carboxylic acids is 1. The molecule has 2 aliphatic rings. The Labute approximate surface area is 153 Å². The van der Waals surface area contributed by atoms with Crippen molar-refractivity contribution in [1.29, 1.82) is 5.26 Å². The molecule has 2 unspecified atom stereocenters. The predicted octanol–water partition coefficient (Wildman–Crippen LogP) is 3.21. The molecule has 1 fully saturated rings. The number of hydrogen-bond acceptors (Lipinski definition) is 2. The molecule has 0 saturated heterocycles. The van der Waals surface area contributed by atoms with Gasteiger partial charge in [0.2, 0.25) is 0 Å². The van der Waals surface area contributed by atoms with Crippen molar-refractivity contribution in [2.45, 2.75) is 44.4 Å². The van der Waals surface area contributed by atoms with Crippen LogP contribution >= 0.6 is 0 Å². The van der Waals surface area contributed by atoms with Gasteiger partial charge in [-0.25, -0.2) is 4.99 Å². The molecule has 3 heteroatoms. The molecule has 130 valence electrons. The number of carbonyl (C=O) groups is 1. The van der Waals surface area contributed by atoms with E-state index in [1.54, 1.807) is 0 Å². The van der Waals surface area contributed by atoms with Crippen LogP contribution in [0.4, 0.5) is 0 Å². The smallest absolute Gasteiger partial charge is 0.253 e. The van der Waals surface area contributed by atoms with Gasteiger partial charge >= 0.3 is 0 Å². The Kier molecular flexibility index (Phi) is 4.20. The first kappa shape index (κ1) is 16.7. The minimum Gasteiger partial charge on any atom is -0.272 e. The Morgan fingerprint density at radius 3 is 2.77 bits per heavy atom. The number of amides is 1. The summed E-state index contributed by atoms with van der Waals surface area (Å²) in [5.41, 5.74) is 2.65. The normalized spacial score (nSPS) is 21.0. The van der Waals surface area contributed by atoms with Crippen molar-refractivity contribution in [1.82, 2.24) is 0 Å². The molecule has 26 heavy (non-hydrogen) atoms. The first-order valence-corrected chi connectivity index (χ1v) is 9.32. The topological polar surface area (TPSA) is 53.2 Å². The second-order valence-corrected chi connectivity index (χ2v) is 7.61. The van der Waals surface area contributed by atoms with E-state index in [2.05, 4.69) is 23.2 Å². The Balaban J connectivity index is 1.80. The highest BCUT2D eigenvalue weighted by molar-refractivity contribution is 5.90. The van der Waals surface area contributed by atoms with Gasteiger partial charge < -0.3 is 0 Å². The maximum atomic E-state index is 12.5. The first-order valence-electron chi connectivity index (χ1n) is 9.32. The maximum Gasteiger partial charge on any atom is 0.253 e. The van der Waals surface area contributed by atoms with E-state index in [0.717, 1.165) is 47.4 Å². The summed E-state index contributed by atoms with van der Waals surface area (Å²) in [7, 11) is 0. The largest absolute Gasteiger partial charge is 0.272 e. The summed E-state index contributed by atoms with van der Waals surface area (Å²) >= 11 is 0. The van der Waals surface area contributed by atoms with E-state index in [1.165, 1.54) is 5.57 Å². The fraction of sp³-hybridized carbons (Fsp3) is 0.348. The van der Waals surface area contributed by atoms with E-state index >= 15 is 0 Å². The third-order valence-corrected chi connectivity index (χ3v) is 5.77. The lowest BCUT2D eigenvalue weighted by molar-refractivity contribution is -0.120. The zero-order valence-corrected chi connectivity index (χ0v) is 15.0. The zero-order chi connectivity index (χ0) is 18.1. The lowest BCUT2D eigenvalue weighted by atomic mass is 9.77. The Bertz CT molecular complexity index is 1020. The molecule has 0 aromatic heterocycles. The van der Waals surface area contributed by atoms with Crippen LogP contribution in [0.25, 0.3) is 5.57 Å². The van der Waals surface area contributed by atoms with E-state index in [1.807, 2.05) is 43.3 Å². The van der Waals surface area contributed by atoms with Crippen LogP contribution in [0.2, 0.25) is 0 Å². The second kappa shape index (κ2) is 6.53. The molecule has 1 heterocycles. The van der Waals surface area contributed by atoms with Gasteiger partial charge in [-0.3, -0.25) is 4.79 Å². The van der Waals surface area contributed by atoms with Crippen molar-refractivity contribution in [2.24, 2.45) is 10.9 Å². The van der Waals surface area contributed by atoms with Gasteiger partial charge in [-0.2, -0.15) is 5.26 Å². The molecule has 2 aromatic rings. The molecule has 4 rings (SSSR count). The Morgan fingerprint density at radius 2 is 2.00 bits per heavy atom. The minimum absolute atomic E-state index is 0.00827. The summed E-state index contributed by atoms with van der Waals surface area (Å²) in [6.07, 6.45) is 4.79. The molecule has 0 spiro atoms. The van der Waals surface area contributed by atoms with Gasteiger partial charge in [-0.1, -0.05) is 48.9 Å². The first-order chi connectivity index (χ1) is 12.6. The Hall–Kier alpha value is -2.73. The van der Waals surface area contributed by atoms with Gasteiger partial charge in [-0.05, 0) is 55.4 Å². The molecule has 1 saturated carbocycles. The van der Waals surface area contributed by atoms with Crippen LogP contribution in [0, 0.1) is 17.2 Å². The summed E-state index contributed by atoms with van der Waals surface area (Å²) in [6.45, 7) is 1.96. The fourth-order valence-corrected chi connectivity index (χ4v) is 4.25. The predicted molar refractivity (Wildman–Crippen MR) is 101 cm³/mol. The van der Waals surface area contributed by atoms with Crippen LogP contribution < -0.4 is 10.6 Å². The van der Waals surface area contributed by atoms with E-state index in [-0.39, 0.29) is 11.8 Å². The molecule has 2 aromatic carbocycles. The molecule has 3 nitrogen and oxygen atoms in total. The zero-order valence-electron chi connectivity index (χ0n) is 15.0. The van der Waals surface area contributed by atoms with Crippen molar-refractivity contribution >= 4 is 11.5 Å². The van der Waals surface area contributed by atoms with Gasteiger partial charge in [0.25, 0.3) is 5.91 Å². The van der Waals surface area contributed by atoms with Gasteiger partial charge in [0.1, 0.15) is 0 Å². The molecular weight excluding hydrogens is 320 g/mol. The van der Waals surface area contributed by atoms with Crippen molar-refractivity contribution in [3.8, 4) is 6.07 Å². The highest BCUT2D eigenvalue weighted by atomic mass is 16.1. The van der Waals surface area contributed by atoms with E-state index in [4.69, 9.17) is 0 Å². The van der Waals surface area contributed by atoms with Crippen LogP contribution in [0.5, 0.6) is 0 Å². The van der Waals surface area contributed by atoms with Gasteiger partial charge in [0.05, 0.1) is 22.8 Å². The molecule has 1 aliphatic heterocycles. The third-order valence-electron chi connectivity index (χ3n) is 5.77. The molecule has 0 bridgehead atoms. The fourth-order valence-electron chi connectivity index (χ4n) is 4.25. The van der Waals surface area contributed by atoms with E-state index in [9.17, 15) is 10.1 Å². The highest BCUT2D eigenvalue weighted by Crippen LogP contribution is 2.32. The summed E-state index contributed by atoms with van der Waals surface area (Å²) < 4.78 is 0. The van der Waals surface area contributed by atoms with Crippen LogP contribution in [-0.2, 0) is 16.6 Å². The average molecular weight is 342 g/mol. The molecule has 2 atom stereocenters. The Morgan fingerprint density at radius 1 is 1.19 bits per heavy atom. The van der Waals surface area contributed by atoms with Crippen molar-refractivity contribution in [3.63, 3.8) is 0 Å². The molecule has 1 amide bonds. The standard InChI is InChI=1S/C23H22N2O/c1-23(15-24,14-16-7-3-2-4-8-16)17-11-12-19-18-9-5-6-10-20(18)22(26)25-21(19)13-17/h2-4,7-8,11-13,20H,5-6,9-10,14H2,1H3. The van der Waals surface area contributed by atoms with Crippen LogP contribution in [0.15, 0.2) is 53.5 Å². The third kappa shape index (κ3) is 2.86. The monoisotopic (exact) mass is 342 g/mol. The van der Waals surface area contributed by atoms with Crippen molar-refractivity contribution in [2.75, 3.05) is 0 Å². The van der Waals surface area contributed by atoms with E-state index < -0.39 is 5.41 Å². The second-order valence-electron chi connectivity index (χ2n) is 7.61. The lowest BCUT2D eigenvalue weighted by Gasteiger charge is -2.26.